The number of aromatic amines is 1. The molecule has 1 aromatic carbocycles. The van der Waals surface area contributed by atoms with Crippen LogP contribution in [0, 0.1) is 10.1 Å². The maximum absolute atomic E-state index is 13.0. The number of hydrogen-bond acceptors (Lipinski definition) is 7. The van der Waals surface area contributed by atoms with E-state index in [2.05, 4.69) is 15.3 Å². The number of nitro benzene ring substituents is 1. The van der Waals surface area contributed by atoms with Crippen molar-refractivity contribution in [3.63, 3.8) is 0 Å². The molecule has 144 valence electrons. The number of carbonyl (C=O) groups is 1. The Morgan fingerprint density at radius 3 is 2.82 bits per heavy atom. The molecule has 0 saturated heterocycles. The number of thioether (sulfide) groups is 1. The predicted octanol–water partition coefficient (Wildman–Crippen LogP) is 3.35. The molecule has 8 nitrogen and oxygen atoms in total. The van der Waals surface area contributed by atoms with Crippen LogP contribution in [0.3, 0.4) is 0 Å². The SMILES string of the molecule is CCSc1nc2c(c(=O)[nH]1)[C@@H](c1ccccc1[N+](=O)[O-])C1=C(CCCC1=O)N2. The second-order valence-corrected chi connectivity index (χ2v) is 7.86. The number of para-hydroxylation sites is 1. The summed E-state index contributed by atoms with van der Waals surface area (Å²) in [5.74, 6) is 0.213. The third-order valence-electron chi connectivity index (χ3n) is 4.96. The number of nitro groups is 1. The van der Waals surface area contributed by atoms with Gasteiger partial charge < -0.3 is 10.3 Å². The first kappa shape index (κ1) is 18.4. The Bertz CT molecular complexity index is 1080. The smallest absolute Gasteiger partial charge is 0.273 e. The maximum atomic E-state index is 13.0. The van der Waals surface area contributed by atoms with Crippen molar-refractivity contribution in [2.45, 2.75) is 37.3 Å². The van der Waals surface area contributed by atoms with Crippen molar-refractivity contribution in [3.8, 4) is 0 Å². The average molecular weight is 398 g/mol. The first-order chi connectivity index (χ1) is 13.5. The number of Topliss-reactive ketones (excluding diaryl/α,β-unsaturated/α-hetero) is 1. The number of allylic oxidation sites excluding steroid dienone is 2. The van der Waals surface area contributed by atoms with Crippen LogP contribution in [0.15, 0.2) is 45.5 Å². The van der Waals surface area contributed by atoms with E-state index in [9.17, 15) is 19.7 Å². The van der Waals surface area contributed by atoms with Crippen molar-refractivity contribution in [1.29, 1.82) is 0 Å². The Hall–Kier alpha value is -2.94. The van der Waals surface area contributed by atoms with Crippen molar-refractivity contribution < 1.29 is 9.72 Å². The van der Waals surface area contributed by atoms with Crippen LogP contribution in [0.4, 0.5) is 11.5 Å². The van der Waals surface area contributed by atoms with Gasteiger partial charge >= 0.3 is 0 Å². The Morgan fingerprint density at radius 1 is 1.29 bits per heavy atom. The van der Waals surface area contributed by atoms with Crippen molar-refractivity contribution in [2.75, 3.05) is 11.1 Å². The van der Waals surface area contributed by atoms with Crippen molar-refractivity contribution in [3.05, 3.63) is 67.1 Å². The molecule has 0 saturated carbocycles. The second kappa shape index (κ2) is 7.23. The monoisotopic (exact) mass is 398 g/mol. The summed E-state index contributed by atoms with van der Waals surface area (Å²) in [6.45, 7) is 1.95. The van der Waals surface area contributed by atoms with Gasteiger partial charge in [-0.2, -0.15) is 0 Å². The minimum Gasteiger partial charge on any atom is -0.343 e. The van der Waals surface area contributed by atoms with E-state index in [1.165, 1.54) is 17.8 Å². The summed E-state index contributed by atoms with van der Waals surface area (Å²) in [4.78, 5) is 44.1. The molecule has 28 heavy (non-hydrogen) atoms. The molecule has 9 heteroatoms. The van der Waals surface area contributed by atoms with Gasteiger partial charge in [-0.1, -0.05) is 36.9 Å². The maximum Gasteiger partial charge on any atom is 0.273 e. The van der Waals surface area contributed by atoms with Gasteiger partial charge in [-0.25, -0.2) is 4.98 Å². The van der Waals surface area contributed by atoms with E-state index in [0.29, 0.717) is 47.1 Å². The van der Waals surface area contributed by atoms with Gasteiger partial charge in [0.25, 0.3) is 11.2 Å². The van der Waals surface area contributed by atoms with Crippen LogP contribution in [0.25, 0.3) is 0 Å². The molecule has 2 N–H and O–H groups in total. The Balaban J connectivity index is 2.00. The number of aromatic nitrogens is 2. The van der Waals surface area contributed by atoms with Crippen LogP contribution in [0.5, 0.6) is 0 Å². The molecule has 0 amide bonds. The summed E-state index contributed by atoms with van der Waals surface area (Å²) >= 11 is 1.40. The zero-order valence-corrected chi connectivity index (χ0v) is 16.0. The van der Waals surface area contributed by atoms with Gasteiger partial charge in [-0.15, -0.1) is 0 Å². The standard InChI is InChI=1S/C19H18N4O4S/c1-2-28-19-21-17-16(18(25)22-19)14(10-6-3-4-8-12(10)23(26)27)15-11(20-17)7-5-9-13(15)24/h3-4,6,8,14H,2,5,7,9H2,1H3,(H2,20,21,22,25)/t14-/m0/s1. The number of benzene rings is 1. The van der Waals surface area contributed by atoms with Crippen LogP contribution in [0.2, 0.25) is 0 Å². The molecule has 1 atom stereocenters. The summed E-state index contributed by atoms with van der Waals surface area (Å²) in [6, 6.07) is 6.26. The first-order valence-electron chi connectivity index (χ1n) is 9.04. The largest absolute Gasteiger partial charge is 0.343 e. The molecule has 2 aliphatic rings. The summed E-state index contributed by atoms with van der Waals surface area (Å²) < 4.78 is 0. The molecule has 0 radical (unpaired) electrons. The summed E-state index contributed by atoms with van der Waals surface area (Å²) in [5, 5.41) is 15.3. The highest BCUT2D eigenvalue weighted by Gasteiger charge is 2.40. The van der Waals surface area contributed by atoms with Gasteiger partial charge in [-0.3, -0.25) is 19.7 Å². The molecule has 4 rings (SSSR count). The molecular formula is C19H18N4O4S. The van der Waals surface area contributed by atoms with Gasteiger partial charge in [0, 0.05) is 29.3 Å². The zero-order valence-electron chi connectivity index (χ0n) is 15.2. The van der Waals surface area contributed by atoms with Crippen molar-refractivity contribution in [2.24, 2.45) is 0 Å². The van der Waals surface area contributed by atoms with Crippen LogP contribution in [-0.2, 0) is 4.79 Å². The molecular weight excluding hydrogens is 380 g/mol. The van der Waals surface area contributed by atoms with E-state index in [4.69, 9.17) is 0 Å². The molecule has 1 aliphatic heterocycles. The number of hydrogen-bond donors (Lipinski definition) is 2. The predicted molar refractivity (Wildman–Crippen MR) is 106 cm³/mol. The molecule has 2 heterocycles. The lowest BCUT2D eigenvalue weighted by molar-refractivity contribution is -0.385. The van der Waals surface area contributed by atoms with Gasteiger partial charge in [0.05, 0.1) is 16.4 Å². The third-order valence-corrected chi connectivity index (χ3v) is 5.72. The molecule has 1 aliphatic carbocycles. The molecule has 0 unspecified atom stereocenters. The molecule has 2 aromatic rings. The van der Waals surface area contributed by atoms with Crippen molar-refractivity contribution >= 4 is 29.1 Å². The third kappa shape index (κ3) is 3.01. The van der Waals surface area contributed by atoms with Crippen LogP contribution < -0.4 is 10.9 Å². The lowest BCUT2D eigenvalue weighted by Crippen LogP contribution is -2.33. The fraction of sp³-hybridized carbons (Fsp3) is 0.316. The van der Waals surface area contributed by atoms with Gasteiger partial charge in [0.15, 0.2) is 10.9 Å². The van der Waals surface area contributed by atoms with E-state index < -0.39 is 10.8 Å². The number of rotatable bonds is 4. The highest BCUT2D eigenvalue weighted by molar-refractivity contribution is 7.99. The Kier molecular flexibility index (Phi) is 4.76. The average Bonchev–Trinajstić information content (AvgIpc) is 2.67. The van der Waals surface area contributed by atoms with E-state index in [-0.39, 0.29) is 22.6 Å². The van der Waals surface area contributed by atoms with E-state index in [0.717, 1.165) is 5.75 Å². The fourth-order valence-corrected chi connectivity index (χ4v) is 4.45. The number of nitrogens with zero attached hydrogens (tertiary/aromatic N) is 2. The number of ketones is 1. The zero-order chi connectivity index (χ0) is 19.8. The minimum atomic E-state index is -0.808. The van der Waals surface area contributed by atoms with Crippen LogP contribution >= 0.6 is 11.8 Å². The Morgan fingerprint density at radius 2 is 2.07 bits per heavy atom. The van der Waals surface area contributed by atoms with Gasteiger partial charge in [0.1, 0.15) is 5.82 Å². The Labute approximate surface area is 164 Å². The number of fused-ring (bicyclic) bond motifs is 1. The highest BCUT2D eigenvalue weighted by atomic mass is 32.2. The van der Waals surface area contributed by atoms with Gasteiger partial charge in [-0.05, 0) is 18.6 Å². The highest BCUT2D eigenvalue weighted by Crippen LogP contribution is 2.45. The lowest BCUT2D eigenvalue weighted by atomic mass is 9.76. The molecule has 1 aromatic heterocycles. The van der Waals surface area contributed by atoms with Crippen LogP contribution in [0.1, 0.15) is 43.2 Å². The fourth-order valence-electron chi connectivity index (χ4n) is 3.85. The number of carbonyl (C=O) groups excluding carboxylic acids is 1. The topological polar surface area (TPSA) is 118 Å². The van der Waals surface area contributed by atoms with Gasteiger partial charge in [0.2, 0.25) is 0 Å². The van der Waals surface area contributed by atoms with Crippen molar-refractivity contribution in [1.82, 2.24) is 9.97 Å². The summed E-state index contributed by atoms with van der Waals surface area (Å²) in [6.07, 6.45) is 1.70. The number of anilines is 1. The molecule has 0 bridgehead atoms. The summed E-state index contributed by atoms with van der Waals surface area (Å²) in [5.41, 5.74) is 1.23. The van der Waals surface area contributed by atoms with E-state index >= 15 is 0 Å². The number of H-pyrrole nitrogens is 1. The van der Waals surface area contributed by atoms with E-state index in [1.54, 1.807) is 18.2 Å². The molecule has 0 fully saturated rings. The summed E-state index contributed by atoms with van der Waals surface area (Å²) in [7, 11) is 0. The van der Waals surface area contributed by atoms with Crippen LogP contribution in [-0.4, -0.2) is 26.4 Å². The minimum absolute atomic E-state index is 0.0889. The second-order valence-electron chi connectivity index (χ2n) is 6.61. The molecule has 0 spiro atoms. The number of nitrogens with one attached hydrogen (secondary N) is 2. The quantitative estimate of drug-likeness (QED) is 0.351. The lowest BCUT2D eigenvalue weighted by Gasteiger charge is -2.32. The normalized spacial score (nSPS) is 18.3. The van der Waals surface area contributed by atoms with E-state index in [1.807, 2.05) is 6.92 Å². The first-order valence-corrected chi connectivity index (χ1v) is 10.0.